The van der Waals surface area contributed by atoms with E-state index in [0.29, 0.717) is 6.54 Å². The molecule has 1 spiro atoms. The Balaban J connectivity index is 1.62. The highest BCUT2D eigenvalue weighted by molar-refractivity contribution is 7.92. The minimum Gasteiger partial charge on any atom is -0.297 e. The number of rotatable bonds is 3. The number of aromatic nitrogens is 1. The molecule has 0 unspecified atom stereocenters. The van der Waals surface area contributed by atoms with E-state index in [1.54, 1.807) is 6.20 Å². The lowest BCUT2D eigenvalue weighted by molar-refractivity contribution is 0.309. The van der Waals surface area contributed by atoms with Crippen LogP contribution in [-0.4, -0.2) is 44.2 Å². The maximum absolute atomic E-state index is 12.2. The first kappa shape index (κ1) is 16.1. The van der Waals surface area contributed by atoms with E-state index in [-0.39, 0.29) is 5.41 Å². The molecule has 128 valence electrons. The van der Waals surface area contributed by atoms with E-state index in [1.165, 1.54) is 20.3 Å². The Bertz CT molecular complexity index is 877. The molecule has 1 fully saturated rings. The van der Waals surface area contributed by atoms with Crippen LogP contribution in [0.5, 0.6) is 0 Å². The highest BCUT2D eigenvalue weighted by atomic mass is 32.2. The van der Waals surface area contributed by atoms with Crippen molar-refractivity contribution in [1.29, 1.82) is 0 Å². The Hall–Kier alpha value is -1.44. The molecule has 2 aromatic heterocycles. The summed E-state index contributed by atoms with van der Waals surface area (Å²) in [5.74, 6) is 0. The van der Waals surface area contributed by atoms with Crippen molar-refractivity contribution in [1.82, 2.24) is 9.88 Å². The number of aryl methyl sites for hydroxylation is 1. The van der Waals surface area contributed by atoms with Crippen LogP contribution >= 0.6 is 11.3 Å². The molecular formula is C17H21N3O2S2. The predicted molar refractivity (Wildman–Crippen MR) is 97.1 cm³/mol. The lowest BCUT2D eigenvalue weighted by Crippen LogP contribution is -2.38. The second kappa shape index (κ2) is 5.54. The van der Waals surface area contributed by atoms with Crippen molar-refractivity contribution < 1.29 is 8.42 Å². The summed E-state index contributed by atoms with van der Waals surface area (Å²) >= 11 is 1.83. The van der Waals surface area contributed by atoms with E-state index >= 15 is 0 Å². The van der Waals surface area contributed by atoms with Gasteiger partial charge in [-0.25, -0.2) is 8.42 Å². The van der Waals surface area contributed by atoms with Gasteiger partial charge in [0.1, 0.15) is 0 Å². The largest absolute Gasteiger partial charge is 0.297 e. The normalized spacial score (nSPS) is 24.0. The second-order valence-corrected chi connectivity index (χ2v) is 10.2. The molecule has 0 N–H and O–H groups in total. The van der Waals surface area contributed by atoms with Gasteiger partial charge in [-0.3, -0.25) is 14.2 Å². The van der Waals surface area contributed by atoms with Gasteiger partial charge in [0, 0.05) is 41.0 Å². The van der Waals surface area contributed by atoms with Crippen LogP contribution < -0.4 is 4.31 Å². The standard InChI is InChI=1S/C17H21N3O2S2/c1-13-5-6-14(23-13)10-19-9-7-17(11-19)12-20(24(2,21)22)15-4-3-8-18-16(15)17/h3-6,8H,7,9-12H2,1-2H3/t17-/m0/s1. The summed E-state index contributed by atoms with van der Waals surface area (Å²) in [6.45, 7) is 5.41. The summed E-state index contributed by atoms with van der Waals surface area (Å²) in [4.78, 5) is 9.69. The van der Waals surface area contributed by atoms with Gasteiger partial charge in [0.25, 0.3) is 0 Å². The molecule has 2 aromatic rings. The third-order valence-corrected chi connectivity index (χ3v) is 7.12. The van der Waals surface area contributed by atoms with Gasteiger partial charge < -0.3 is 0 Å². The van der Waals surface area contributed by atoms with Crippen molar-refractivity contribution in [2.45, 2.75) is 25.3 Å². The van der Waals surface area contributed by atoms with E-state index < -0.39 is 10.0 Å². The summed E-state index contributed by atoms with van der Waals surface area (Å²) in [5, 5.41) is 0. The molecule has 2 aliphatic rings. The predicted octanol–water partition coefficient (Wildman–Crippen LogP) is 2.37. The summed E-state index contributed by atoms with van der Waals surface area (Å²) in [6.07, 6.45) is 4.01. The van der Waals surface area contributed by atoms with Gasteiger partial charge in [-0.15, -0.1) is 11.3 Å². The maximum atomic E-state index is 12.2. The van der Waals surface area contributed by atoms with Gasteiger partial charge >= 0.3 is 0 Å². The number of hydrogen-bond donors (Lipinski definition) is 0. The van der Waals surface area contributed by atoms with Crippen molar-refractivity contribution in [3.05, 3.63) is 45.9 Å². The summed E-state index contributed by atoms with van der Waals surface area (Å²) in [7, 11) is -3.28. The molecule has 1 atom stereocenters. The van der Waals surface area contributed by atoms with Gasteiger partial charge in [-0.2, -0.15) is 0 Å². The van der Waals surface area contributed by atoms with Gasteiger partial charge in [-0.1, -0.05) is 0 Å². The molecule has 0 saturated carbocycles. The fourth-order valence-electron chi connectivity index (χ4n) is 3.94. The van der Waals surface area contributed by atoms with Crippen LogP contribution in [0.1, 0.15) is 21.9 Å². The fraction of sp³-hybridized carbons (Fsp3) is 0.471. The molecule has 0 bridgehead atoms. The molecule has 5 nitrogen and oxygen atoms in total. The zero-order valence-corrected chi connectivity index (χ0v) is 15.5. The van der Waals surface area contributed by atoms with Gasteiger partial charge in [0.15, 0.2) is 0 Å². The summed E-state index contributed by atoms with van der Waals surface area (Å²) in [5.41, 5.74) is 1.53. The van der Waals surface area contributed by atoms with Gasteiger partial charge in [0.05, 0.1) is 17.6 Å². The van der Waals surface area contributed by atoms with Crippen LogP contribution in [0.15, 0.2) is 30.5 Å². The number of fused-ring (bicyclic) bond motifs is 2. The van der Waals surface area contributed by atoms with Crippen LogP contribution in [0.25, 0.3) is 0 Å². The third-order valence-electron chi connectivity index (χ3n) is 5.01. The number of sulfonamides is 1. The van der Waals surface area contributed by atoms with Crippen LogP contribution in [0.4, 0.5) is 5.69 Å². The molecule has 1 saturated heterocycles. The molecule has 4 heterocycles. The molecule has 0 amide bonds. The topological polar surface area (TPSA) is 53.5 Å². The third kappa shape index (κ3) is 2.64. The zero-order valence-electron chi connectivity index (χ0n) is 13.9. The van der Waals surface area contributed by atoms with Crippen molar-refractivity contribution in [2.24, 2.45) is 0 Å². The molecule has 4 rings (SSSR count). The van der Waals surface area contributed by atoms with E-state index in [0.717, 1.165) is 37.4 Å². The molecule has 0 aromatic carbocycles. The Morgan fingerprint density at radius 3 is 2.83 bits per heavy atom. The van der Waals surface area contributed by atoms with Crippen LogP contribution in [0.2, 0.25) is 0 Å². The molecule has 24 heavy (non-hydrogen) atoms. The van der Waals surface area contributed by atoms with Crippen molar-refractivity contribution in [3.8, 4) is 0 Å². The summed E-state index contributed by atoms with van der Waals surface area (Å²) in [6, 6.07) is 8.04. The van der Waals surface area contributed by atoms with Crippen LogP contribution in [-0.2, 0) is 22.0 Å². The zero-order chi connectivity index (χ0) is 16.9. The van der Waals surface area contributed by atoms with E-state index in [4.69, 9.17) is 0 Å². The molecule has 2 aliphatic heterocycles. The minimum atomic E-state index is -3.28. The molecule has 7 heteroatoms. The first-order valence-corrected chi connectivity index (χ1v) is 10.7. The lowest BCUT2D eigenvalue weighted by atomic mass is 9.85. The van der Waals surface area contributed by atoms with Crippen LogP contribution in [0.3, 0.4) is 0 Å². The molecule has 0 radical (unpaired) electrons. The second-order valence-electron chi connectivity index (χ2n) is 6.89. The number of likely N-dealkylation sites (tertiary alicyclic amines) is 1. The van der Waals surface area contributed by atoms with Crippen LogP contribution in [0, 0.1) is 6.92 Å². The monoisotopic (exact) mass is 363 g/mol. The maximum Gasteiger partial charge on any atom is 0.232 e. The SMILES string of the molecule is Cc1ccc(CN2CC[C@]3(C2)CN(S(C)(=O)=O)c2cccnc23)s1. The number of pyridine rings is 1. The van der Waals surface area contributed by atoms with Gasteiger partial charge in [0.2, 0.25) is 10.0 Å². The Morgan fingerprint density at radius 1 is 1.29 bits per heavy atom. The molecular weight excluding hydrogens is 342 g/mol. The van der Waals surface area contributed by atoms with Crippen molar-refractivity contribution >= 4 is 27.0 Å². The summed E-state index contributed by atoms with van der Waals surface area (Å²) < 4.78 is 25.9. The highest BCUT2D eigenvalue weighted by Crippen LogP contribution is 2.46. The van der Waals surface area contributed by atoms with Crippen molar-refractivity contribution in [3.63, 3.8) is 0 Å². The fourth-order valence-corrected chi connectivity index (χ4v) is 5.86. The minimum absolute atomic E-state index is 0.175. The Morgan fingerprint density at radius 2 is 2.12 bits per heavy atom. The quantitative estimate of drug-likeness (QED) is 0.840. The van der Waals surface area contributed by atoms with Crippen molar-refractivity contribution in [2.75, 3.05) is 30.2 Å². The average molecular weight is 364 g/mol. The molecule has 0 aliphatic carbocycles. The number of hydrogen-bond acceptors (Lipinski definition) is 5. The van der Waals surface area contributed by atoms with E-state index in [1.807, 2.05) is 23.5 Å². The van der Waals surface area contributed by atoms with E-state index in [2.05, 4.69) is 28.9 Å². The number of anilines is 1. The number of thiophene rings is 1. The van der Waals surface area contributed by atoms with Gasteiger partial charge in [-0.05, 0) is 44.2 Å². The Labute approximate surface area is 147 Å². The number of nitrogens with zero attached hydrogens (tertiary/aromatic N) is 3. The first-order valence-electron chi connectivity index (χ1n) is 8.08. The Kier molecular flexibility index (Phi) is 3.71. The highest BCUT2D eigenvalue weighted by Gasteiger charge is 2.50. The smallest absolute Gasteiger partial charge is 0.232 e. The lowest BCUT2D eigenvalue weighted by Gasteiger charge is -2.24. The van der Waals surface area contributed by atoms with E-state index in [9.17, 15) is 8.42 Å². The first-order chi connectivity index (χ1) is 11.4. The average Bonchev–Trinajstić information content (AvgIpc) is 3.20.